The summed E-state index contributed by atoms with van der Waals surface area (Å²) in [5.74, 6) is 1.07. The summed E-state index contributed by atoms with van der Waals surface area (Å²) in [5.41, 5.74) is 12.7. The molecule has 0 radical (unpaired) electrons. The maximum Gasteiger partial charge on any atom is 0.227 e. The number of hydrogen-bond donors (Lipinski definition) is 0. The lowest BCUT2D eigenvalue weighted by Gasteiger charge is -2.26. The third kappa shape index (κ3) is 7.42. The fraction of sp³-hybridized carbons (Fsp3) is 0. The Labute approximate surface area is 460 Å². The predicted molar refractivity (Wildman–Crippen MR) is 332 cm³/mol. The van der Waals surface area contributed by atoms with Gasteiger partial charge in [0.15, 0.2) is 11.2 Å². The highest BCUT2D eigenvalue weighted by Gasteiger charge is 2.22. The Kier molecular flexibility index (Phi) is 10.5. The summed E-state index contributed by atoms with van der Waals surface area (Å²) in [6, 6.07) is 98.8. The number of aromatic nitrogens is 2. The largest absolute Gasteiger partial charge is 0.435 e. The summed E-state index contributed by atoms with van der Waals surface area (Å²) in [6.07, 6.45) is 0. The molecular weight excluding hydrogens is 977 g/mol. The van der Waals surface area contributed by atoms with E-state index in [1.54, 1.807) is 0 Å². The highest BCUT2D eigenvalue weighted by molar-refractivity contribution is 6.27. The van der Waals surface area contributed by atoms with Crippen molar-refractivity contribution >= 4 is 121 Å². The second kappa shape index (κ2) is 18.4. The van der Waals surface area contributed by atoms with Gasteiger partial charge in [0.05, 0.1) is 0 Å². The van der Waals surface area contributed by atoms with Crippen molar-refractivity contribution in [2.45, 2.75) is 0 Å². The molecule has 2 aromatic heterocycles. The molecule has 0 fully saturated rings. The van der Waals surface area contributed by atoms with E-state index in [9.17, 15) is 0 Å². The molecule has 0 spiro atoms. The molecule has 6 heteroatoms. The van der Waals surface area contributed by atoms with Crippen LogP contribution in [0.5, 0.6) is 0 Å². The molecule has 374 valence electrons. The monoisotopic (exact) mass is 1020 g/mol. The van der Waals surface area contributed by atoms with Gasteiger partial charge in [-0.05, 0) is 174 Å². The van der Waals surface area contributed by atoms with Gasteiger partial charge in [0.25, 0.3) is 0 Å². The quantitative estimate of drug-likeness (QED) is 0.134. The van der Waals surface area contributed by atoms with E-state index >= 15 is 0 Å². The van der Waals surface area contributed by atoms with E-state index in [0.717, 1.165) is 67.4 Å². The van der Waals surface area contributed by atoms with Crippen molar-refractivity contribution in [3.05, 3.63) is 279 Å². The molecule has 0 unspecified atom stereocenters. The van der Waals surface area contributed by atoms with E-state index in [1.807, 2.05) is 24.3 Å². The minimum Gasteiger partial charge on any atom is -0.435 e. The van der Waals surface area contributed by atoms with E-state index in [4.69, 9.17) is 18.8 Å². The smallest absolute Gasteiger partial charge is 0.227 e. The Bertz CT molecular complexity index is 4680. The van der Waals surface area contributed by atoms with Crippen LogP contribution >= 0.6 is 0 Å². The predicted octanol–water partition coefficient (Wildman–Crippen LogP) is 20.8. The van der Waals surface area contributed by atoms with Crippen LogP contribution in [0.4, 0.5) is 34.1 Å². The lowest BCUT2D eigenvalue weighted by molar-refractivity contribution is 0.616. The first-order chi connectivity index (χ1) is 39.7. The van der Waals surface area contributed by atoms with Crippen LogP contribution < -0.4 is 9.80 Å². The molecule has 16 rings (SSSR count). The molecule has 0 aliphatic heterocycles. The number of hydrogen-bond acceptors (Lipinski definition) is 6. The Hall–Kier alpha value is -10.8. The van der Waals surface area contributed by atoms with Crippen LogP contribution in [0.25, 0.3) is 121 Å². The van der Waals surface area contributed by atoms with E-state index < -0.39 is 0 Å². The van der Waals surface area contributed by atoms with E-state index in [0.29, 0.717) is 22.9 Å². The van der Waals surface area contributed by atoms with Gasteiger partial charge in [-0.25, -0.2) is 9.97 Å². The Morgan fingerprint density at radius 1 is 0.225 bits per heavy atom. The van der Waals surface area contributed by atoms with Gasteiger partial charge in [-0.1, -0.05) is 170 Å². The zero-order valence-electron chi connectivity index (χ0n) is 43.2. The Morgan fingerprint density at radius 2 is 0.512 bits per heavy atom. The van der Waals surface area contributed by atoms with Crippen molar-refractivity contribution in [2.24, 2.45) is 0 Å². The zero-order valence-corrected chi connectivity index (χ0v) is 43.2. The minimum atomic E-state index is 0.537. The first-order valence-electron chi connectivity index (χ1n) is 27.0. The van der Waals surface area contributed by atoms with Crippen molar-refractivity contribution in [1.29, 1.82) is 0 Å². The summed E-state index contributed by atoms with van der Waals surface area (Å²) >= 11 is 0. The zero-order chi connectivity index (χ0) is 52.7. The van der Waals surface area contributed by atoms with Crippen LogP contribution in [0.15, 0.2) is 288 Å². The first kappa shape index (κ1) is 45.4. The summed E-state index contributed by atoms with van der Waals surface area (Å²) in [7, 11) is 0. The molecule has 0 aliphatic carbocycles. The number of fused-ring (bicyclic) bond motifs is 14. The molecule has 14 aromatic carbocycles. The van der Waals surface area contributed by atoms with Gasteiger partial charge >= 0.3 is 0 Å². The lowest BCUT2D eigenvalue weighted by atomic mass is 9.94. The topological polar surface area (TPSA) is 58.5 Å². The first-order valence-corrected chi connectivity index (χ1v) is 27.0. The van der Waals surface area contributed by atoms with Gasteiger partial charge < -0.3 is 18.6 Å². The average Bonchev–Trinajstić information content (AvgIpc) is 4.26. The third-order valence-corrected chi connectivity index (χ3v) is 15.9. The SMILES string of the molecule is c1ccc(N(c2ccc(-c3nc4cccc(-c5cccc6nc(-c7ccc(N(c8ccccc8)c8ccc9c%10ccccc%10c%10ccccc%10c9c8)cc7)oc56)c4o3)cc2)c2ccc3c4ccccc4c4ccccc4c3c2)cc1. The maximum atomic E-state index is 6.75. The molecule has 0 saturated carbocycles. The molecular formula is C74H46N4O2. The molecule has 0 amide bonds. The summed E-state index contributed by atoms with van der Waals surface area (Å²) in [5, 5.41) is 14.9. The highest BCUT2D eigenvalue weighted by atomic mass is 16.4. The lowest BCUT2D eigenvalue weighted by Crippen LogP contribution is -2.09. The number of para-hydroxylation sites is 4. The van der Waals surface area contributed by atoms with E-state index in [2.05, 4.69) is 265 Å². The molecule has 6 nitrogen and oxygen atoms in total. The van der Waals surface area contributed by atoms with Crippen LogP contribution in [0.1, 0.15) is 0 Å². The molecule has 0 atom stereocenters. The second-order valence-electron chi connectivity index (χ2n) is 20.4. The van der Waals surface area contributed by atoms with Crippen molar-refractivity contribution in [1.82, 2.24) is 9.97 Å². The minimum absolute atomic E-state index is 0.537. The van der Waals surface area contributed by atoms with Crippen LogP contribution in [0, 0.1) is 0 Å². The fourth-order valence-electron chi connectivity index (χ4n) is 12.2. The Morgan fingerprint density at radius 3 is 0.863 bits per heavy atom. The van der Waals surface area contributed by atoms with Gasteiger partial charge in [0.1, 0.15) is 11.0 Å². The highest BCUT2D eigenvalue weighted by Crippen LogP contribution is 2.45. The van der Waals surface area contributed by atoms with Crippen LogP contribution in [-0.4, -0.2) is 9.97 Å². The molecule has 0 bridgehead atoms. The van der Waals surface area contributed by atoms with Gasteiger partial charge in [0, 0.05) is 56.4 Å². The second-order valence-corrected chi connectivity index (χ2v) is 20.4. The summed E-state index contributed by atoms with van der Waals surface area (Å²) in [6.45, 7) is 0. The number of benzene rings is 14. The normalized spacial score (nSPS) is 11.8. The number of oxazole rings is 2. The van der Waals surface area contributed by atoms with Crippen LogP contribution in [0.2, 0.25) is 0 Å². The standard InChI is InChI=1S/C74H46N4O2/c1-3-17-49(18-4-1)77(53-41-43-63-59-25-9-7-21-55(59)57-23-11-13-27-61(57)67(63)45-53)51-37-33-47(34-38-51)73-75-69-31-15-29-65(71(69)79-73)66-30-16-32-70-72(66)80-74(76-70)48-35-39-52(40-36-48)78(50-19-5-2-6-20-50)54-42-44-64-60-26-10-8-22-56(60)58-24-12-14-28-62(58)68(64)46-54/h1-46H. The van der Waals surface area contributed by atoms with Crippen molar-refractivity contribution in [3.63, 3.8) is 0 Å². The van der Waals surface area contributed by atoms with Gasteiger partial charge in [-0.15, -0.1) is 0 Å². The van der Waals surface area contributed by atoms with E-state index in [1.165, 1.54) is 64.6 Å². The van der Waals surface area contributed by atoms with Gasteiger partial charge in [0.2, 0.25) is 11.8 Å². The van der Waals surface area contributed by atoms with E-state index in [-0.39, 0.29) is 0 Å². The number of rotatable bonds is 9. The molecule has 0 N–H and O–H groups in total. The fourth-order valence-corrected chi connectivity index (χ4v) is 12.2. The average molecular weight is 1020 g/mol. The van der Waals surface area contributed by atoms with Crippen LogP contribution in [-0.2, 0) is 0 Å². The van der Waals surface area contributed by atoms with Crippen LogP contribution in [0.3, 0.4) is 0 Å². The van der Waals surface area contributed by atoms with Crippen molar-refractivity contribution in [3.8, 4) is 34.0 Å². The maximum absolute atomic E-state index is 6.75. The molecule has 0 aliphatic rings. The molecule has 16 aromatic rings. The third-order valence-electron chi connectivity index (χ3n) is 15.9. The van der Waals surface area contributed by atoms with Gasteiger partial charge in [-0.3, -0.25) is 0 Å². The number of nitrogens with zero attached hydrogens (tertiary/aromatic N) is 4. The number of anilines is 6. The van der Waals surface area contributed by atoms with Gasteiger partial charge in [-0.2, -0.15) is 0 Å². The van der Waals surface area contributed by atoms with Crippen molar-refractivity contribution in [2.75, 3.05) is 9.80 Å². The molecule has 0 saturated heterocycles. The Balaban J connectivity index is 0.727. The summed E-state index contributed by atoms with van der Waals surface area (Å²) in [4.78, 5) is 14.7. The molecule has 80 heavy (non-hydrogen) atoms. The molecule has 2 heterocycles. The summed E-state index contributed by atoms with van der Waals surface area (Å²) < 4.78 is 13.5. The van der Waals surface area contributed by atoms with Crippen molar-refractivity contribution < 1.29 is 8.83 Å².